The fourth-order valence-electron chi connectivity index (χ4n) is 2.93. The summed E-state index contributed by atoms with van der Waals surface area (Å²) < 4.78 is 10.9. The molecule has 1 aliphatic heterocycles. The highest BCUT2D eigenvalue weighted by molar-refractivity contribution is 6.35. The number of nitrogens with zero attached hydrogens (tertiary/aromatic N) is 1. The van der Waals surface area contributed by atoms with E-state index in [-0.39, 0.29) is 12.5 Å². The molecular formula is C19H21Cl2N3O3. The Hall–Kier alpha value is -2.15. The van der Waals surface area contributed by atoms with Crippen LogP contribution in [0.5, 0.6) is 5.75 Å². The van der Waals surface area contributed by atoms with Crippen LogP contribution in [-0.4, -0.2) is 38.8 Å². The highest BCUT2D eigenvalue weighted by atomic mass is 35.5. The highest BCUT2D eigenvalue weighted by Crippen LogP contribution is 2.32. The number of rotatable bonds is 5. The second kappa shape index (κ2) is 8.69. The summed E-state index contributed by atoms with van der Waals surface area (Å²) in [5.74, 6) is 0.136. The van der Waals surface area contributed by atoms with Crippen LogP contribution in [0.1, 0.15) is 5.56 Å². The van der Waals surface area contributed by atoms with Gasteiger partial charge in [-0.15, -0.1) is 0 Å². The van der Waals surface area contributed by atoms with Crippen molar-refractivity contribution < 1.29 is 14.3 Å². The maximum atomic E-state index is 12.2. The summed E-state index contributed by atoms with van der Waals surface area (Å²) in [6, 6.07) is 8.76. The number of nitrogens with one attached hydrogen (secondary N) is 1. The van der Waals surface area contributed by atoms with Crippen LogP contribution >= 0.6 is 23.2 Å². The first-order chi connectivity index (χ1) is 12.9. The van der Waals surface area contributed by atoms with Gasteiger partial charge < -0.3 is 25.4 Å². The van der Waals surface area contributed by atoms with Gasteiger partial charge in [-0.3, -0.25) is 4.79 Å². The van der Waals surface area contributed by atoms with E-state index in [9.17, 15) is 4.79 Å². The lowest BCUT2D eigenvalue weighted by atomic mass is 10.2. The lowest BCUT2D eigenvalue weighted by Crippen LogP contribution is -2.36. The van der Waals surface area contributed by atoms with Gasteiger partial charge in [0.15, 0.2) is 6.61 Å². The van der Waals surface area contributed by atoms with Crippen LogP contribution in [-0.2, 0) is 9.53 Å². The van der Waals surface area contributed by atoms with Crippen molar-refractivity contribution in [2.45, 2.75) is 6.92 Å². The molecule has 0 aliphatic carbocycles. The van der Waals surface area contributed by atoms with Crippen LogP contribution in [0.25, 0.3) is 0 Å². The lowest BCUT2D eigenvalue weighted by molar-refractivity contribution is -0.118. The SMILES string of the molecule is Cc1cc(Cl)cc(Cl)c1OCC(=O)Nc1ccc(N2CCOCC2)c(N)c1. The number of anilines is 3. The molecule has 0 aromatic heterocycles. The van der Waals surface area contributed by atoms with E-state index in [4.69, 9.17) is 38.4 Å². The largest absolute Gasteiger partial charge is 0.482 e. The summed E-state index contributed by atoms with van der Waals surface area (Å²) in [7, 11) is 0. The molecule has 0 saturated carbocycles. The van der Waals surface area contributed by atoms with Gasteiger partial charge in [0.2, 0.25) is 0 Å². The Morgan fingerprint density at radius 2 is 2.00 bits per heavy atom. The monoisotopic (exact) mass is 409 g/mol. The quantitative estimate of drug-likeness (QED) is 0.735. The Kier molecular flexibility index (Phi) is 6.31. The molecule has 0 radical (unpaired) electrons. The van der Waals surface area contributed by atoms with Crippen LogP contribution in [0.2, 0.25) is 10.0 Å². The van der Waals surface area contributed by atoms with E-state index in [2.05, 4.69) is 10.2 Å². The number of morpholine rings is 1. The topological polar surface area (TPSA) is 76.8 Å². The van der Waals surface area contributed by atoms with Crippen LogP contribution in [0.15, 0.2) is 30.3 Å². The molecule has 0 unspecified atom stereocenters. The molecular weight excluding hydrogens is 389 g/mol. The van der Waals surface area contributed by atoms with Gasteiger partial charge in [0.25, 0.3) is 5.91 Å². The smallest absolute Gasteiger partial charge is 0.262 e. The molecule has 144 valence electrons. The Labute approximate surface area is 168 Å². The van der Waals surface area contributed by atoms with E-state index in [0.717, 1.165) is 24.3 Å². The van der Waals surface area contributed by atoms with Crippen LogP contribution < -0.4 is 20.7 Å². The standard InChI is InChI=1S/C19H21Cl2N3O3/c1-12-8-13(20)9-15(21)19(12)27-11-18(25)23-14-2-3-17(16(22)10-14)24-4-6-26-7-5-24/h2-3,8-10H,4-7,11,22H2,1H3,(H,23,25). The Balaban J connectivity index is 1.60. The predicted octanol–water partition coefficient (Wildman–Crippen LogP) is 3.74. The number of halogens is 2. The second-order valence-electron chi connectivity index (χ2n) is 6.24. The third-order valence-corrected chi connectivity index (χ3v) is 4.70. The van der Waals surface area contributed by atoms with Crippen molar-refractivity contribution in [3.8, 4) is 5.75 Å². The number of ether oxygens (including phenoxy) is 2. The summed E-state index contributed by atoms with van der Waals surface area (Å²) in [4.78, 5) is 14.4. The van der Waals surface area contributed by atoms with E-state index >= 15 is 0 Å². The van der Waals surface area contributed by atoms with Crippen molar-refractivity contribution in [1.82, 2.24) is 0 Å². The fraction of sp³-hybridized carbons (Fsp3) is 0.316. The molecule has 2 aromatic rings. The summed E-state index contributed by atoms with van der Waals surface area (Å²) in [5.41, 5.74) is 9.07. The van der Waals surface area contributed by atoms with Crippen LogP contribution in [0.3, 0.4) is 0 Å². The lowest BCUT2D eigenvalue weighted by Gasteiger charge is -2.30. The zero-order valence-corrected chi connectivity index (χ0v) is 16.4. The number of nitrogen functional groups attached to an aromatic ring is 1. The van der Waals surface area contributed by atoms with E-state index in [1.165, 1.54) is 0 Å². The first-order valence-corrected chi connectivity index (χ1v) is 9.30. The fourth-order valence-corrected chi connectivity index (χ4v) is 3.58. The number of amides is 1. The maximum Gasteiger partial charge on any atom is 0.262 e. The number of benzene rings is 2. The summed E-state index contributed by atoms with van der Waals surface area (Å²) in [5, 5.41) is 3.66. The second-order valence-corrected chi connectivity index (χ2v) is 7.09. The third kappa shape index (κ3) is 4.97. The van der Waals surface area contributed by atoms with Crippen LogP contribution in [0, 0.1) is 6.92 Å². The van der Waals surface area contributed by atoms with E-state index in [1.807, 2.05) is 19.1 Å². The van der Waals surface area contributed by atoms with Crippen molar-refractivity contribution in [3.63, 3.8) is 0 Å². The first kappa shape index (κ1) is 19.6. The molecule has 2 aromatic carbocycles. The summed E-state index contributed by atoms with van der Waals surface area (Å²) >= 11 is 12.1. The first-order valence-electron chi connectivity index (χ1n) is 8.54. The van der Waals surface area contributed by atoms with Crippen molar-refractivity contribution in [2.75, 3.05) is 48.9 Å². The molecule has 1 amide bonds. The summed E-state index contributed by atoms with van der Waals surface area (Å²) in [6.07, 6.45) is 0. The van der Waals surface area contributed by atoms with E-state index < -0.39 is 0 Å². The molecule has 1 saturated heterocycles. The molecule has 6 nitrogen and oxygen atoms in total. The normalized spacial score (nSPS) is 14.1. The number of nitrogens with two attached hydrogens (primary N) is 1. The van der Waals surface area contributed by atoms with Crippen molar-refractivity contribution in [3.05, 3.63) is 45.9 Å². The summed E-state index contributed by atoms with van der Waals surface area (Å²) in [6.45, 7) is 4.60. The number of hydrogen-bond acceptors (Lipinski definition) is 5. The molecule has 27 heavy (non-hydrogen) atoms. The molecule has 0 spiro atoms. The van der Waals surface area contributed by atoms with Gasteiger partial charge >= 0.3 is 0 Å². The van der Waals surface area contributed by atoms with Gasteiger partial charge in [0.05, 0.1) is 29.6 Å². The Morgan fingerprint density at radius 3 is 2.67 bits per heavy atom. The van der Waals surface area contributed by atoms with Crippen molar-refractivity contribution >= 4 is 46.2 Å². The van der Waals surface area contributed by atoms with Crippen molar-refractivity contribution in [1.29, 1.82) is 0 Å². The molecule has 3 N–H and O–H groups in total. The molecule has 0 atom stereocenters. The van der Waals surface area contributed by atoms with Crippen molar-refractivity contribution in [2.24, 2.45) is 0 Å². The van der Waals surface area contributed by atoms with Gasteiger partial charge in [-0.05, 0) is 42.8 Å². The number of hydrogen-bond donors (Lipinski definition) is 2. The third-order valence-electron chi connectivity index (χ3n) is 4.20. The molecule has 1 aliphatic rings. The minimum Gasteiger partial charge on any atom is -0.482 e. The minimum atomic E-state index is -0.307. The molecule has 8 heteroatoms. The number of aryl methyl sites for hydroxylation is 1. The van der Waals surface area contributed by atoms with Crippen LogP contribution in [0.4, 0.5) is 17.1 Å². The average Bonchev–Trinajstić information content (AvgIpc) is 2.61. The maximum absolute atomic E-state index is 12.2. The Morgan fingerprint density at radius 1 is 1.26 bits per heavy atom. The molecule has 1 heterocycles. The molecule has 1 fully saturated rings. The van der Waals surface area contributed by atoms with Gasteiger partial charge in [0, 0.05) is 23.8 Å². The predicted molar refractivity (Wildman–Crippen MR) is 109 cm³/mol. The average molecular weight is 410 g/mol. The van der Waals surface area contributed by atoms with Gasteiger partial charge in [-0.25, -0.2) is 0 Å². The zero-order valence-electron chi connectivity index (χ0n) is 14.9. The minimum absolute atomic E-state index is 0.173. The van der Waals surface area contributed by atoms with Gasteiger partial charge in [0.1, 0.15) is 5.75 Å². The van der Waals surface area contributed by atoms with Gasteiger partial charge in [-0.2, -0.15) is 0 Å². The van der Waals surface area contributed by atoms with E-state index in [0.29, 0.717) is 40.4 Å². The number of carbonyl (C=O) groups is 1. The van der Waals surface area contributed by atoms with Gasteiger partial charge in [-0.1, -0.05) is 23.2 Å². The Bertz CT molecular complexity index is 816. The molecule has 3 rings (SSSR count). The molecule has 0 bridgehead atoms. The zero-order chi connectivity index (χ0) is 19.4. The highest BCUT2D eigenvalue weighted by Gasteiger charge is 2.15. The van der Waals surface area contributed by atoms with E-state index in [1.54, 1.807) is 18.2 Å². The number of carbonyl (C=O) groups excluding carboxylic acids is 1.